The molecule has 8 heteroatoms. The number of thiazole rings is 1. The van der Waals surface area contributed by atoms with Gasteiger partial charge in [-0.15, -0.1) is 4.40 Å². The van der Waals surface area contributed by atoms with Crippen molar-refractivity contribution in [2.75, 3.05) is 0 Å². The molecule has 3 rings (SSSR count). The van der Waals surface area contributed by atoms with E-state index in [1.54, 1.807) is 17.7 Å². The van der Waals surface area contributed by atoms with Gasteiger partial charge in [0.25, 0.3) is 10.0 Å². The van der Waals surface area contributed by atoms with E-state index in [1.165, 1.54) is 35.6 Å². The third kappa shape index (κ3) is 2.79. The highest BCUT2D eigenvalue weighted by atomic mass is 35.5. The zero-order chi connectivity index (χ0) is 15.9. The fourth-order valence-corrected chi connectivity index (χ4v) is 4.76. The van der Waals surface area contributed by atoms with Crippen molar-refractivity contribution in [3.8, 4) is 0 Å². The van der Waals surface area contributed by atoms with E-state index in [4.69, 9.17) is 23.2 Å². The molecule has 0 aliphatic rings. The molecule has 1 aromatic heterocycles. The Morgan fingerprint density at radius 1 is 1.09 bits per heavy atom. The van der Waals surface area contributed by atoms with Crippen LogP contribution in [-0.4, -0.2) is 13.0 Å². The molecular formula is C14H10Cl2N2O2S2. The summed E-state index contributed by atoms with van der Waals surface area (Å²) >= 11 is 13.2. The molecule has 0 amide bonds. The summed E-state index contributed by atoms with van der Waals surface area (Å²) in [5.41, 5.74) is 0.763. The molecule has 0 radical (unpaired) electrons. The van der Waals surface area contributed by atoms with Crippen molar-refractivity contribution in [1.29, 1.82) is 0 Å². The number of sulfonamides is 1. The Balaban J connectivity index is 2.22. The third-order valence-corrected chi connectivity index (χ3v) is 6.13. The predicted octanol–water partition coefficient (Wildman–Crippen LogP) is 3.84. The second-order valence-corrected chi connectivity index (χ2v) is 8.01. The molecule has 0 saturated heterocycles. The minimum atomic E-state index is -3.80. The van der Waals surface area contributed by atoms with Gasteiger partial charge in [-0.05, 0) is 36.4 Å². The van der Waals surface area contributed by atoms with Gasteiger partial charge >= 0.3 is 0 Å². The highest BCUT2D eigenvalue weighted by molar-refractivity contribution is 7.90. The van der Waals surface area contributed by atoms with E-state index in [1.807, 2.05) is 12.1 Å². The lowest BCUT2D eigenvalue weighted by molar-refractivity contribution is 0.596. The number of hydrogen-bond acceptors (Lipinski definition) is 3. The lowest BCUT2D eigenvalue weighted by atomic mass is 10.3. The minimum absolute atomic E-state index is 0.0976. The number of rotatable bonds is 2. The molecule has 4 nitrogen and oxygen atoms in total. The van der Waals surface area contributed by atoms with E-state index in [9.17, 15) is 8.42 Å². The first kappa shape index (κ1) is 15.6. The van der Waals surface area contributed by atoms with Crippen LogP contribution in [0.4, 0.5) is 0 Å². The molecule has 0 unspecified atom stereocenters. The molecule has 0 atom stereocenters. The van der Waals surface area contributed by atoms with Crippen LogP contribution in [0.5, 0.6) is 0 Å². The zero-order valence-corrected chi connectivity index (χ0v) is 14.5. The van der Waals surface area contributed by atoms with E-state index in [2.05, 4.69) is 4.40 Å². The van der Waals surface area contributed by atoms with Crippen LogP contribution in [-0.2, 0) is 17.1 Å². The van der Waals surface area contributed by atoms with Gasteiger partial charge in [0, 0.05) is 12.1 Å². The third-order valence-electron chi connectivity index (χ3n) is 3.08. The fraction of sp³-hybridized carbons (Fsp3) is 0.0714. The Morgan fingerprint density at radius 3 is 2.41 bits per heavy atom. The summed E-state index contributed by atoms with van der Waals surface area (Å²) in [5.74, 6) is 0. The smallest absolute Gasteiger partial charge is 0.285 e. The molecule has 22 heavy (non-hydrogen) atoms. The topological polar surface area (TPSA) is 51.4 Å². The highest BCUT2D eigenvalue weighted by Crippen LogP contribution is 2.25. The highest BCUT2D eigenvalue weighted by Gasteiger charge is 2.14. The number of hydrogen-bond donors (Lipinski definition) is 0. The number of halogens is 2. The van der Waals surface area contributed by atoms with E-state index in [-0.39, 0.29) is 4.90 Å². The second kappa shape index (κ2) is 5.70. The van der Waals surface area contributed by atoms with Gasteiger partial charge in [0.1, 0.15) is 0 Å². The second-order valence-electron chi connectivity index (χ2n) is 4.55. The maximum Gasteiger partial charge on any atom is 0.285 e. The summed E-state index contributed by atoms with van der Waals surface area (Å²) in [4.78, 5) is 0.457. The van der Waals surface area contributed by atoms with E-state index in [0.717, 1.165) is 10.2 Å². The van der Waals surface area contributed by atoms with Gasteiger partial charge < -0.3 is 4.57 Å². The summed E-state index contributed by atoms with van der Waals surface area (Å²) in [5, 5.41) is 1.03. The maximum absolute atomic E-state index is 12.4. The van der Waals surface area contributed by atoms with Crippen LogP contribution in [0.15, 0.2) is 51.8 Å². The van der Waals surface area contributed by atoms with Crippen molar-refractivity contribution >= 4 is 54.8 Å². The van der Waals surface area contributed by atoms with Crippen LogP contribution in [0.1, 0.15) is 0 Å². The number of fused-ring (bicyclic) bond motifs is 1. The number of aromatic nitrogens is 1. The first-order valence-electron chi connectivity index (χ1n) is 6.19. The normalized spacial score (nSPS) is 13.0. The van der Waals surface area contributed by atoms with Gasteiger partial charge in [-0.2, -0.15) is 8.42 Å². The number of benzene rings is 2. The van der Waals surface area contributed by atoms with E-state index in [0.29, 0.717) is 14.8 Å². The van der Waals surface area contributed by atoms with Crippen molar-refractivity contribution in [1.82, 2.24) is 4.57 Å². The van der Waals surface area contributed by atoms with Crippen molar-refractivity contribution < 1.29 is 8.42 Å². The summed E-state index contributed by atoms with van der Waals surface area (Å²) in [6, 6.07) is 11.4. The monoisotopic (exact) mass is 372 g/mol. The largest absolute Gasteiger partial charge is 0.318 e. The van der Waals surface area contributed by atoms with Crippen molar-refractivity contribution in [3.05, 3.63) is 57.3 Å². The minimum Gasteiger partial charge on any atom is -0.318 e. The summed E-state index contributed by atoms with van der Waals surface area (Å²) < 4.78 is 31.2. The lowest BCUT2D eigenvalue weighted by Gasteiger charge is -1.99. The Labute approximate surface area is 141 Å². The molecule has 0 spiro atoms. The van der Waals surface area contributed by atoms with E-state index < -0.39 is 10.0 Å². The molecule has 0 N–H and O–H groups in total. The first-order chi connectivity index (χ1) is 10.4. The van der Waals surface area contributed by atoms with Crippen LogP contribution in [0.25, 0.3) is 10.2 Å². The molecule has 2 aromatic carbocycles. The molecule has 3 aromatic rings. The Hall–Kier alpha value is -1.34. The number of nitrogens with zero attached hydrogens (tertiary/aromatic N) is 2. The SMILES string of the molecule is Cn1c(=NS(=O)(=O)c2ccc(Cl)cc2)sc2cccc(Cl)c21. The predicted molar refractivity (Wildman–Crippen MR) is 90.0 cm³/mol. The fourth-order valence-electron chi connectivity index (χ4n) is 2.01. The average molecular weight is 373 g/mol. The standard InChI is InChI=1S/C14H10Cl2N2O2S2/c1-18-13-11(16)3-2-4-12(13)21-14(18)17-22(19,20)10-7-5-9(15)6-8-10/h2-8H,1H3. The van der Waals surface area contributed by atoms with Crippen LogP contribution in [0.2, 0.25) is 10.0 Å². The molecule has 0 saturated carbocycles. The molecular weight excluding hydrogens is 363 g/mol. The first-order valence-corrected chi connectivity index (χ1v) is 9.20. The molecule has 0 bridgehead atoms. The average Bonchev–Trinajstić information content (AvgIpc) is 2.76. The number of aryl methyl sites for hydroxylation is 1. The van der Waals surface area contributed by atoms with Gasteiger partial charge in [0.05, 0.1) is 20.1 Å². The van der Waals surface area contributed by atoms with Gasteiger partial charge in [-0.1, -0.05) is 40.6 Å². The molecule has 1 heterocycles. The van der Waals surface area contributed by atoms with Gasteiger partial charge in [-0.25, -0.2) is 0 Å². The molecule has 0 fully saturated rings. The quantitative estimate of drug-likeness (QED) is 0.686. The van der Waals surface area contributed by atoms with Gasteiger partial charge in [0.2, 0.25) is 4.80 Å². The van der Waals surface area contributed by atoms with Crippen molar-refractivity contribution in [3.63, 3.8) is 0 Å². The van der Waals surface area contributed by atoms with E-state index >= 15 is 0 Å². The van der Waals surface area contributed by atoms with Gasteiger partial charge in [-0.3, -0.25) is 0 Å². The van der Waals surface area contributed by atoms with Gasteiger partial charge in [0.15, 0.2) is 0 Å². The van der Waals surface area contributed by atoms with Crippen LogP contribution in [0, 0.1) is 0 Å². The van der Waals surface area contributed by atoms with Crippen LogP contribution < -0.4 is 4.80 Å². The van der Waals surface area contributed by atoms with Crippen LogP contribution >= 0.6 is 34.5 Å². The Bertz CT molecular complexity index is 1020. The Morgan fingerprint density at radius 2 is 1.77 bits per heavy atom. The van der Waals surface area contributed by atoms with Crippen molar-refractivity contribution in [2.24, 2.45) is 11.4 Å². The van der Waals surface area contributed by atoms with Crippen molar-refractivity contribution in [2.45, 2.75) is 4.90 Å². The maximum atomic E-state index is 12.4. The molecule has 0 aliphatic heterocycles. The molecule has 0 aliphatic carbocycles. The zero-order valence-electron chi connectivity index (χ0n) is 11.3. The summed E-state index contributed by atoms with van der Waals surface area (Å²) in [6.45, 7) is 0. The summed E-state index contributed by atoms with van der Waals surface area (Å²) in [7, 11) is -2.06. The number of para-hydroxylation sites is 1. The molecule has 114 valence electrons. The Kier molecular flexibility index (Phi) is 4.03. The lowest BCUT2D eigenvalue weighted by Crippen LogP contribution is -2.13. The summed E-state index contributed by atoms with van der Waals surface area (Å²) in [6.07, 6.45) is 0. The van der Waals surface area contributed by atoms with Crippen LogP contribution in [0.3, 0.4) is 0 Å².